The van der Waals surface area contributed by atoms with Crippen LogP contribution in [0.15, 0.2) is 54.4 Å². The molecule has 0 amide bonds. The number of hydrogen-bond acceptors (Lipinski definition) is 5. The fourth-order valence-electron chi connectivity index (χ4n) is 4.77. The Kier molecular flexibility index (Phi) is 5.83. The molecule has 0 bridgehead atoms. The minimum Gasteiger partial charge on any atom is -0.488 e. The van der Waals surface area contributed by atoms with Crippen LogP contribution in [-0.2, 0) is 13.0 Å². The third-order valence-corrected chi connectivity index (χ3v) is 6.43. The van der Waals surface area contributed by atoms with Gasteiger partial charge in [0.15, 0.2) is 5.65 Å². The number of hydrogen-bond donors (Lipinski definition) is 1. The molecule has 7 heteroatoms. The molecule has 0 radical (unpaired) electrons. The number of allylic oxidation sites excluding steroid dienone is 1. The average Bonchev–Trinajstić information content (AvgIpc) is 3.15. The van der Waals surface area contributed by atoms with Gasteiger partial charge in [-0.3, -0.25) is 9.38 Å². The minimum atomic E-state index is -0.925. The summed E-state index contributed by atoms with van der Waals surface area (Å²) in [4.78, 5) is 9.11. The molecule has 1 N–H and O–H groups in total. The number of aliphatic hydroxyl groups is 1. The first-order valence-electron chi connectivity index (χ1n) is 11.6. The molecule has 1 atom stereocenters. The third kappa shape index (κ3) is 3.86. The second-order valence-electron chi connectivity index (χ2n) is 8.76. The van der Waals surface area contributed by atoms with Crippen molar-refractivity contribution in [3.63, 3.8) is 0 Å². The van der Waals surface area contributed by atoms with Crippen LogP contribution in [0.25, 0.3) is 11.2 Å². The summed E-state index contributed by atoms with van der Waals surface area (Å²) < 4.78 is 21.8. The van der Waals surface area contributed by atoms with Crippen LogP contribution < -0.4 is 4.74 Å². The highest BCUT2D eigenvalue weighted by atomic mass is 19.1. The Morgan fingerprint density at radius 3 is 2.83 bits per heavy atom. The van der Waals surface area contributed by atoms with Crippen LogP contribution in [0.5, 0.6) is 5.75 Å². The Morgan fingerprint density at radius 2 is 2.06 bits per heavy atom. The van der Waals surface area contributed by atoms with Crippen molar-refractivity contribution >= 4 is 11.2 Å². The summed E-state index contributed by atoms with van der Waals surface area (Å²) in [5.74, 6) is -0.0106. The normalized spacial score (nSPS) is 15.0. The van der Waals surface area contributed by atoms with E-state index in [-0.39, 0.29) is 6.61 Å². The van der Waals surface area contributed by atoms with Gasteiger partial charge in [-0.25, -0.2) is 9.37 Å². The van der Waals surface area contributed by atoms with Gasteiger partial charge in [0, 0.05) is 35.2 Å². The lowest BCUT2D eigenvalue weighted by molar-refractivity contribution is 0.212. The highest BCUT2D eigenvalue weighted by molar-refractivity contribution is 5.88. The summed E-state index contributed by atoms with van der Waals surface area (Å²) in [6, 6.07) is 12.3. The van der Waals surface area contributed by atoms with Crippen molar-refractivity contribution in [3.8, 4) is 11.8 Å². The van der Waals surface area contributed by atoms with Gasteiger partial charge < -0.3 is 9.84 Å². The molecule has 1 unspecified atom stereocenters. The standard InChI is InChI=1S/C28H25FN4O2/c1-4-5-23-26(33-11-10-31-17(3)28(33)32-23)27(34)18-6-8-21-19(12-18)15-35-24-13-20(29)7-9-22(24)25(21)16(2)14-30/h6-13,27,34H,4-5,15H2,1-3H3/b25-16+. The number of aryl methyl sites for hydroxylation is 2. The Morgan fingerprint density at radius 1 is 1.26 bits per heavy atom. The van der Waals surface area contributed by atoms with E-state index in [9.17, 15) is 14.8 Å². The Hall–Kier alpha value is -4.02. The fraction of sp³-hybridized carbons (Fsp3) is 0.250. The van der Waals surface area contributed by atoms with Crippen LogP contribution in [0.4, 0.5) is 4.39 Å². The monoisotopic (exact) mass is 468 g/mol. The Bertz CT molecular complexity index is 1530. The van der Waals surface area contributed by atoms with Crippen molar-refractivity contribution in [1.82, 2.24) is 14.4 Å². The number of nitrogens with zero attached hydrogens (tertiary/aromatic N) is 4. The SMILES string of the molecule is CCCc1nc2c(C)nccn2c1C(O)c1ccc2c(c1)COc1cc(F)ccc1/C2=C(\C)C#N. The summed E-state index contributed by atoms with van der Waals surface area (Å²) in [6.07, 6.45) is 4.23. The largest absolute Gasteiger partial charge is 0.488 e. The van der Waals surface area contributed by atoms with E-state index < -0.39 is 11.9 Å². The molecule has 0 aliphatic carbocycles. The van der Waals surface area contributed by atoms with Crippen LogP contribution in [-0.4, -0.2) is 19.5 Å². The van der Waals surface area contributed by atoms with E-state index in [0.29, 0.717) is 28.0 Å². The molecule has 0 fully saturated rings. The highest BCUT2D eigenvalue weighted by Crippen LogP contribution is 2.40. The maximum absolute atomic E-state index is 13.9. The number of fused-ring (bicyclic) bond motifs is 3. The number of benzene rings is 2. The van der Waals surface area contributed by atoms with E-state index >= 15 is 0 Å². The average molecular weight is 469 g/mol. The Labute approximate surface area is 203 Å². The van der Waals surface area contributed by atoms with Gasteiger partial charge >= 0.3 is 0 Å². The quantitative estimate of drug-likeness (QED) is 0.403. The van der Waals surface area contributed by atoms with Gasteiger partial charge in [0.25, 0.3) is 0 Å². The van der Waals surface area contributed by atoms with Crippen molar-refractivity contribution < 1.29 is 14.2 Å². The molecule has 3 heterocycles. The van der Waals surface area contributed by atoms with Crippen molar-refractivity contribution in [3.05, 3.63) is 99.5 Å². The van der Waals surface area contributed by atoms with Crippen molar-refractivity contribution in [1.29, 1.82) is 5.26 Å². The molecular weight excluding hydrogens is 443 g/mol. The molecule has 4 aromatic rings. The van der Waals surface area contributed by atoms with Gasteiger partial charge in [0.2, 0.25) is 0 Å². The molecule has 0 spiro atoms. The second-order valence-corrected chi connectivity index (χ2v) is 8.76. The predicted molar refractivity (Wildman–Crippen MR) is 130 cm³/mol. The smallest absolute Gasteiger partial charge is 0.158 e. The molecule has 1 aliphatic heterocycles. The molecule has 2 aromatic carbocycles. The maximum Gasteiger partial charge on any atom is 0.158 e. The van der Waals surface area contributed by atoms with Crippen LogP contribution in [0.1, 0.15) is 65.7 Å². The zero-order valence-electron chi connectivity index (χ0n) is 19.8. The molecular formula is C28H25FN4O2. The van der Waals surface area contributed by atoms with Gasteiger partial charge in [-0.2, -0.15) is 5.26 Å². The number of imidazole rings is 1. The van der Waals surface area contributed by atoms with Gasteiger partial charge in [-0.05, 0) is 55.2 Å². The zero-order valence-corrected chi connectivity index (χ0v) is 19.8. The molecule has 1 aliphatic rings. The van der Waals surface area contributed by atoms with E-state index in [1.807, 2.05) is 35.7 Å². The summed E-state index contributed by atoms with van der Waals surface area (Å²) in [7, 11) is 0. The highest BCUT2D eigenvalue weighted by Gasteiger charge is 2.26. The first-order chi connectivity index (χ1) is 16.9. The van der Waals surface area contributed by atoms with Gasteiger partial charge in [0.1, 0.15) is 24.3 Å². The summed E-state index contributed by atoms with van der Waals surface area (Å²) >= 11 is 0. The molecule has 176 valence electrons. The molecule has 2 aromatic heterocycles. The van der Waals surface area contributed by atoms with Crippen LogP contribution in [0.2, 0.25) is 0 Å². The van der Waals surface area contributed by atoms with Gasteiger partial charge in [0.05, 0.1) is 23.2 Å². The fourth-order valence-corrected chi connectivity index (χ4v) is 4.77. The number of halogens is 1. The number of rotatable bonds is 4. The predicted octanol–water partition coefficient (Wildman–Crippen LogP) is 5.45. The number of aliphatic hydroxyl groups excluding tert-OH is 1. The zero-order chi connectivity index (χ0) is 24.7. The van der Waals surface area contributed by atoms with Crippen molar-refractivity contribution in [2.24, 2.45) is 0 Å². The Balaban J connectivity index is 1.65. The second kappa shape index (κ2) is 8.97. The lowest BCUT2D eigenvalue weighted by Gasteiger charge is -2.17. The van der Waals surface area contributed by atoms with Gasteiger partial charge in [-0.1, -0.05) is 25.5 Å². The lowest BCUT2D eigenvalue weighted by atomic mass is 9.89. The number of nitriles is 1. The maximum atomic E-state index is 13.9. The molecule has 0 saturated carbocycles. The molecule has 5 rings (SSSR count). The molecule has 0 saturated heterocycles. The third-order valence-electron chi connectivity index (χ3n) is 6.43. The number of ether oxygens (including phenoxy) is 1. The lowest BCUT2D eigenvalue weighted by Crippen LogP contribution is -2.08. The molecule has 35 heavy (non-hydrogen) atoms. The van der Waals surface area contributed by atoms with Crippen LogP contribution >= 0.6 is 0 Å². The van der Waals surface area contributed by atoms with Crippen molar-refractivity contribution in [2.45, 2.75) is 46.3 Å². The van der Waals surface area contributed by atoms with Crippen LogP contribution in [0.3, 0.4) is 0 Å². The van der Waals surface area contributed by atoms with Crippen LogP contribution in [0, 0.1) is 24.1 Å². The number of aromatic nitrogens is 3. The summed E-state index contributed by atoms with van der Waals surface area (Å²) in [5, 5.41) is 21.2. The van der Waals surface area contributed by atoms with E-state index in [4.69, 9.17) is 9.72 Å². The summed E-state index contributed by atoms with van der Waals surface area (Å²) in [6.45, 7) is 5.91. The van der Waals surface area contributed by atoms with Gasteiger partial charge in [-0.15, -0.1) is 0 Å². The first-order valence-corrected chi connectivity index (χ1v) is 11.6. The van der Waals surface area contributed by atoms with Crippen molar-refractivity contribution in [2.75, 3.05) is 0 Å². The molecule has 6 nitrogen and oxygen atoms in total. The topological polar surface area (TPSA) is 83.4 Å². The van der Waals surface area contributed by atoms with E-state index in [2.05, 4.69) is 18.0 Å². The summed E-state index contributed by atoms with van der Waals surface area (Å²) in [5.41, 5.74) is 7.30. The van der Waals surface area contributed by atoms with E-state index in [1.54, 1.807) is 19.2 Å². The van der Waals surface area contributed by atoms with E-state index in [1.165, 1.54) is 12.1 Å². The first kappa shape index (κ1) is 22.8. The van der Waals surface area contributed by atoms with E-state index in [0.717, 1.165) is 46.7 Å². The minimum absolute atomic E-state index is 0.187.